The van der Waals surface area contributed by atoms with Crippen LogP contribution in [0.4, 0.5) is 0 Å². The highest BCUT2D eigenvalue weighted by Crippen LogP contribution is 2.38. The topological polar surface area (TPSA) is 47.6 Å². The Labute approximate surface area is 150 Å². The van der Waals surface area contributed by atoms with E-state index in [1.165, 1.54) is 0 Å². The summed E-state index contributed by atoms with van der Waals surface area (Å²) < 4.78 is 11.5. The number of amides is 1. The Bertz CT molecular complexity index is 764. The van der Waals surface area contributed by atoms with E-state index in [0.717, 1.165) is 16.9 Å². The molecule has 0 fully saturated rings. The van der Waals surface area contributed by atoms with Gasteiger partial charge in [-0.05, 0) is 18.2 Å². The van der Waals surface area contributed by atoms with Crippen molar-refractivity contribution in [3.05, 3.63) is 57.6 Å². The van der Waals surface area contributed by atoms with Crippen LogP contribution in [-0.2, 0) is 11.4 Å². The molecule has 0 bridgehead atoms. The highest BCUT2D eigenvalue weighted by Gasteiger charge is 2.26. The van der Waals surface area contributed by atoms with Gasteiger partial charge in [0.05, 0.1) is 6.61 Å². The Hall–Kier alpha value is -1.91. The second kappa shape index (κ2) is 7.32. The molecule has 1 aliphatic rings. The zero-order valence-electron chi connectivity index (χ0n) is 13.1. The summed E-state index contributed by atoms with van der Waals surface area (Å²) in [4.78, 5) is 11.5. The number of fused-ring (bicyclic) bond motifs is 1. The molecule has 6 heteroatoms. The van der Waals surface area contributed by atoms with Gasteiger partial charge in [-0.2, -0.15) is 0 Å². The zero-order valence-corrected chi connectivity index (χ0v) is 14.7. The van der Waals surface area contributed by atoms with Gasteiger partial charge in [-0.3, -0.25) is 4.79 Å². The summed E-state index contributed by atoms with van der Waals surface area (Å²) in [6, 6.07) is 11.0. The molecule has 24 heavy (non-hydrogen) atoms. The molecule has 3 rings (SSSR count). The van der Waals surface area contributed by atoms with E-state index >= 15 is 0 Å². The van der Waals surface area contributed by atoms with E-state index in [-0.39, 0.29) is 11.8 Å². The van der Waals surface area contributed by atoms with Gasteiger partial charge < -0.3 is 14.8 Å². The molecule has 126 valence electrons. The Morgan fingerprint density at radius 2 is 2.12 bits per heavy atom. The fourth-order valence-electron chi connectivity index (χ4n) is 2.64. The molecule has 2 aromatic rings. The van der Waals surface area contributed by atoms with Crippen molar-refractivity contribution in [1.29, 1.82) is 0 Å². The minimum absolute atomic E-state index is 0.00848. The van der Waals surface area contributed by atoms with E-state index < -0.39 is 0 Å². The van der Waals surface area contributed by atoms with E-state index in [0.29, 0.717) is 35.4 Å². The Balaban J connectivity index is 1.67. The van der Waals surface area contributed by atoms with E-state index in [4.69, 9.17) is 32.7 Å². The van der Waals surface area contributed by atoms with E-state index in [1.807, 2.05) is 24.3 Å². The normalized spacial score (nSPS) is 15.5. The highest BCUT2D eigenvalue weighted by atomic mass is 35.5. The standard InChI is InChI=1S/C18H17Cl2NO3/c1-21-18(22)6-12-10-24-17-8-14(4-5-15(12)17)23-9-11-2-3-13(19)7-16(11)20/h2-5,7-8,12H,6,9-10H2,1H3,(H,21,22)/t12-/m1/s1. The largest absolute Gasteiger partial charge is 0.492 e. The van der Waals surface area contributed by atoms with Crippen LogP contribution in [0.25, 0.3) is 0 Å². The lowest BCUT2D eigenvalue weighted by molar-refractivity contribution is -0.121. The minimum Gasteiger partial charge on any atom is -0.492 e. The zero-order chi connectivity index (χ0) is 17.1. The Kier molecular flexibility index (Phi) is 5.17. The van der Waals surface area contributed by atoms with E-state index in [9.17, 15) is 4.79 Å². The summed E-state index contributed by atoms with van der Waals surface area (Å²) in [7, 11) is 1.64. The number of halogens is 2. The third kappa shape index (κ3) is 3.77. The van der Waals surface area contributed by atoms with Crippen molar-refractivity contribution in [1.82, 2.24) is 5.32 Å². The monoisotopic (exact) mass is 365 g/mol. The molecule has 0 aliphatic carbocycles. The lowest BCUT2D eigenvalue weighted by Gasteiger charge is -2.10. The quantitative estimate of drug-likeness (QED) is 0.864. The number of ether oxygens (including phenoxy) is 2. The third-order valence-corrected chi connectivity index (χ3v) is 4.57. The first-order valence-corrected chi connectivity index (χ1v) is 8.36. The molecule has 4 nitrogen and oxygen atoms in total. The van der Waals surface area contributed by atoms with Crippen molar-refractivity contribution in [2.75, 3.05) is 13.7 Å². The number of carbonyl (C=O) groups excluding carboxylic acids is 1. The number of rotatable bonds is 5. The summed E-state index contributed by atoms with van der Waals surface area (Å²) in [6.45, 7) is 0.853. The lowest BCUT2D eigenvalue weighted by atomic mass is 9.97. The molecule has 1 heterocycles. The predicted molar refractivity (Wildman–Crippen MR) is 94.2 cm³/mol. The number of benzene rings is 2. The lowest BCUT2D eigenvalue weighted by Crippen LogP contribution is -2.20. The van der Waals surface area contributed by atoms with Gasteiger partial charge in [0.15, 0.2) is 0 Å². The number of hydrogen-bond acceptors (Lipinski definition) is 3. The van der Waals surface area contributed by atoms with Crippen LogP contribution >= 0.6 is 23.2 Å². The Morgan fingerprint density at radius 3 is 2.88 bits per heavy atom. The second-order valence-corrected chi connectivity index (χ2v) is 6.45. The van der Waals surface area contributed by atoms with Gasteiger partial charge in [0, 0.05) is 46.6 Å². The van der Waals surface area contributed by atoms with Gasteiger partial charge in [0.25, 0.3) is 0 Å². The molecule has 0 aromatic heterocycles. The van der Waals surface area contributed by atoms with Crippen LogP contribution in [0.15, 0.2) is 36.4 Å². The molecule has 1 amide bonds. The van der Waals surface area contributed by atoms with Crippen LogP contribution in [0.2, 0.25) is 10.0 Å². The minimum atomic E-state index is 0.00848. The van der Waals surface area contributed by atoms with E-state index in [2.05, 4.69) is 5.32 Å². The van der Waals surface area contributed by atoms with Crippen LogP contribution in [-0.4, -0.2) is 19.6 Å². The maximum Gasteiger partial charge on any atom is 0.220 e. The summed E-state index contributed by atoms with van der Waals surface area (Å²) in [6.07, 6.45) is 0.421. The van der Waals surface area contributed by atoms with Crippen molar-refractivity contribution in [3.63, 3.8) is 0 Å². The first-order valence-electron chi connectivity index (χ1n) is 7.61. The van der Waals surface area contributed by atoms with Crippen molar-refractivity contribution < 1.29 is 14.3 Å². The van der Waals surface area contributed by atoms with Gasteiger partial charge >= 0.3 is 0 Å². The summed E-state index contributed by atoms with van der Waals surface area (Å²) in [5.41, 5.74) is 1.90. The van der Waals surface area contributed by atoms with Gasteiger partial charge in [0.1, 0.15) is 18.1 Å². The number of nitrogens with one attached hydrogen (secondary N) is 1. The summed E-state index contributed by atoms with van der Waals surface area (Å²) >= 11 is 12.0. The molecule has 2 aromatic carbocycles. The van der Waals surface area contributed by atoms with Gasteiger partial charge in [-0.15, -0.1) is 0 Å². The molecule has 0 spiro atoms. The second-order valence-electron chi connectivity index (χ2n) is 5.61. The molecular weight excluding hydrogens is 349 g/mol. The van der Waals surface area contributed by atoms with Gasteiger partial charge in [-0.1, -0.05) is 35.3 Å². The smallest absolute Gasteiger partial charge is 0.220 e. The van der Waals surface area contributed by atoms with Crippen LogP contribution in [0.1, 0.15) is 23.5 Å². The fourth-order valence-corrected chi connectivity index (χ4v) is 3.10. The maximum absolute atomic E-state index is 11.5. The molecule has 1 aliphatic heterocycles. The fraction of sp³-hybridized carbons (Fsp3) is 0.278. The van der Waals surface area contributed by atoms with Gasteiger partial charge in [0.2, 0.25) is 5.91 Å². The molecule has 1 N–H and O–H groups in total. The number of hydrogen-bond donors (Lipinski definition) is 1. The predicted octanol–water partition coefficient (Wildman–Crippen LogP) is 4.18. The van der Waals surface area contributed by atoms with Crippen LogP contribution in [0.3, 0.4) is 0 Å². The highest BCUT2D eigenvalue weighted by molar-refractivity contribution is 6.35. The van der Waals surface area contributed by atoms with Crippen LogP contribution in [0, 0.1) is 0 Å². The summed E-state index contributed by atoms with van der Waals surface area (Å²) in [5.74, 6) is 1.55. The van der Waals surface area contributed by atoms with Gasteiger partial charge in [-0.25, -0.2) is 0 Å². The van der Waals surface area contributed by atoms with Crippen molar-refractivity contribution >= 4 is 29.1 Å². The molecule has 0 saturated heterocycles. The maximum atomic E-state index is 11.5. The molecule has 0 radical (unpaired) electrons. The number of carbonyl (C=O) groups is 1. The van der Waals surface area contributed by atoms with Crippen LogP contribution in [0.5, 0.6) is 11.5 Å². The van der Waals surface area contributed by atoms with Crippen LogP contribution < -0.4 is 14.8 Å². The first-order chi connectivity index (χ1) is 11.6. The summed E-state index contributed by atoms with van der Waals surface area (Å²) in [5, 5.41) is 3.81. The molecular formula is C18H17Cl2NO3. The van der Waals surface area contributed by atoms with Crippen molar-refractivity contribution in [3.8, 4) is 11.5 Å². The molecule has 0 unspecified atom stereocenters. The van der Waals surface area contributed by atoms with Crippen molar-refractivity contribution in [2.45, 2.75) is 18.9 Å². The average molecular weight is 366 g/mol. The van der Waals surface area contributed by atoms with Crippen molar-refractivity contribution in [2.24, 2.45) is 0 Å². The first kappa shape index (κ1) is 16.9. The third-order valence-electron chi connectivity index (χ3n) is 3.98. The average Bonchev–Trinajstić information content (AvgIpc) is 2.96. The Morgan fingerprint density at radius 1 is 1.29 bits per heavy atom. The molecule has 1 atom stereocenters. The van der Waals surface area contributed by atoms with E-state index in [1.54, 1.807) is 19.2 Å². The molecule has 0 saturated carbocycles. The SMILES string of the molecule is CNC(=O)C[C@@H]1COc2cc(OCc3ccc(Cl)cc3Cl)ccc21.